The van der Waals surface area contributed by atoms with Gasteiger partial charge in [0.25, 0.3) is 0 Å². The Kier molecular flexibility index (Phi) is 5.82. The summed E-state index contributed by atoms with van der Waals surface area (Å²) in [6.07, 6.45) is -4.26. The monoisotopic (exact) mass is 396 g/mol. The Morgan fingerprint density at radius 2 is 1.11 bits per heavy atom. The van der Waals surface area contributed by atoms with Gasteiger partial charge in [0.15, 0.2) is 5.70 Å². The maximum absolute atomic E-state index is 13.7. The molecule has 0 heterocycles. The SMILES string of the molecule is N#C/C=C(/N=P(c1ccccc1)(c1ccccc1)c1ccccc1)C(F)(F)F. The maximum atomic E-state index is 13.7. The molecule has 3 aromatic rings. The molecule has 0 atom stereocenters. The molecule has 0 amide bonds. The molecule has 0 aromatic heterocycles. The molecule has 0 saturated carbocycles. The van der Waals surface area contributed by atoms with Crippen molar-refractivity contribution in [3.63, 3.8) is 0 Å². The lowest BCUT2D eigenvalue weighted by molar-refractivity contribution is -0.0920. The second-order valence-electron chi connectivity index (χ2n) is 5.90. The van der Waals surface area contributed by atoms with Crippen LogP contribution >= 0.6 is 7.05 Å². The molecule has 28 heavy (non-hydrogen) atoms. The fraction of sp³-hybridized carbons (Fsp3) is 0.0455. The van der Waals surface area contributed by atoms with Crippen molar-refractivity contribution in [2.45, 2.75) is 6.18 Å². The summed E-state index contributed by atoms with van der Waals surface area (Å²) in [5.74, 6) is 0. The van der Waals surface area contributed by atoms with Crippen molar-refractivity contribution in [3.05, 3.63) is 103 Å². The predicted molar refractivity (Wildman–Crippen MR) is 107 cm³/mol. The van der Waals surface area contributed by atoms with Gasteiger partial charge in [0.1, 0.15) is 0 Å². The molecular formula is C22H16F3N2P. The van der Waals surface area contributed by atoms with Gasteiger partial charge in [0, 0.05) is 22.0 Å². The van der Waals surface area contributed by atoms with E-state index in [0.29, 0.717) is 22.0 Å². The van der Waals surface area contributed by atoms with E-state index in [-0.39, 0.29) is 0 Å². The first-order chi connectivity index (χ1) is 13.5. The lowest BCUT2D eigenvalue weighted by Crippen LogP contribution is -2.26. The van der Waals surface area contributed by atoms with Crippen LogP contribution in [0.25, 0.3) is 0 Å². The van der Waals surface area contributed by atoms with Crippen LogP contribution in [0.5, 0.6) is 0 Å². The summed E-state index contributed by atoms with van der Waals surface area (Å²) in [5.41, 5.74) is -1.18. The number of allylic oxidation sites excluding steroid dienone is 2. The van der Waals surface area contributed by atoms with Crippen molar-refractivity contribution < 1.29 is 13.2 Å². The van der Waals surface area contributed by atoms with Gasteiger partial charge >= 0.3 is 6.18 Å². The normalized spacial score (nSPS) is 12.3. The molecule has 0 saturated heterocycles. The summed E-state index contributed by atoms with van der Waals surface area (Å²) < 4.78 is 45.4. The van der Waals surface area contributed by atoms with Crippen LogP contribution in [0.3, 0.4) is 0 Å². The highest BCUT2D eigenvalue weighted by Crippen LogP contribution is 2.49. The first kappa shape index (κ1) is 19.7. The molecule has 0 unspecified atom stereocenters. The van der Waals surface area contributed by atoms with Crippen LogP contribution in [0.15, 0.2) is 108 Å². The number of hydrogen-bond acceptors (Lipinski definition) is 2. The molecule has 0 spiro atoms. The molecule has 0 bridgehead atoms. The highest BCUT2D eigenvalue weighted by atomic mass is 31.2. The van der Waals surface area contributed by atoms with Gasteiger partial charge in [-0.1, -0.05) is 91.0 Å². The van der Waals surface area contributed by atoms with Gasteiger partial charge in [-0.25, -0.2) is 4.74 Å². The Morgan fingerprint density at radius 3 is 1.39 bits per heavy atom. The van der Waals surface area contributed by atoms with Gasteiger partial charge in [-0.2, -0.15) is 18.4 Å². The molecule has 6 heteroatoms. The number of halogens is 3. The van der Waals surface area contributed by atoms with E-state index in [4.69, 9.17) is 5.26 Å². The second-order valence-corrected chi connectivity index (χ2v) is 8.92. The fourth-order valence-electron chi connectivity index (χ4n) is 2.94. The molecule has 140 valence electrons. The van der Waals surface area contributed by atoms with Gasteiger partial charge in [-0.05, 0) is 0 Å². The van der Waals surface area contributed by atoms with Crippen LogP contribution in [-0.4, -0.2) is 6.18 Å². The number of alkyl halides is 3. The number of benzene rings is 3. The molecule has 0 aliphatic heterocycles. The Balaban J connectivity index is 2.51. The van der Waals surface area contributed by atoms with E-state index < -0.39 is 18.9 Å². The molecule has 3 rings (SSSR count). The molecule has 2 nitrogen and oxygen atoms in total. The van der Waals surface area contributed by atoms with E-state index in [9.17, 15) is 13.2 Å². The molecule has 0 aliphatic carbocycles. The number of nitriles is 1. The molecule has 0 N–H and O–H groups in total. The summed E-state index contributed by atoms with van der Waals surface area (Å²) >= 11 is 0. The fourth-order valence-corrected chi connectivity index (χ4v) is 6.49. The van der Waals surface area contributed by atoms with Gasteiger partial charge in [0.2, 0.25) is 0 Å². The highest BCUT2D eigenvalue weighted by Gasteiger charge is 2.37. The Labute approximate surface area is 161 Å². The average Bonchev–Trinajstić information content (AvgIpc) is 2.72. The Bertz CT molecular complexity index is 948. The van der Waals surface area contributed by atoms with Crippen molar-refractivity contribution in [2.75, 3.05) is 0 Å². The molecule has 0 radical (unpaired) electrons. The molecule has 3 aromatic carbocycles. The zero-order valence-electron chi connectivity index (χ0n) is 14.7. The van der Waals surface area contributed by atoms with E-state index in [1.165, 1.54) is 6.07 Å². The Hall–Kier alpha value is -3.09. The first-order valence-corrected chi connectivity index (χ1v) is 10.2. The molecular weight excluding hydrogens is 380 g/mol. The van der Waals surface area contributed by atoms with Gasteiger partial charge in [0.05, 0.1) is 13.1 Å². The van der Waals surface area contributed by atoms with Crippen LogP contribution in [0.2, 0.25) is 0 Å². The summed E-state index contributed by atoms with van der Waals surface area (Å²) in [7, 11) is -3.05. The quantitative estimate of drug-likeness (QED) is 0.445. The van der Waals surface area contributed by atoms with Crippen molar-refractivity contribution in [2.24, 2.45) is 4.74 Å². The van der Waals surface area contributed by atoms with E-state index in [1.54, 1.807) is 72.8 Å². The number of nitrogens with zero attached hydrogens (tertiary/aromatic N) is 2. The largest absolute Gasteiger partial charge is 0.433 e. The van der Waals surface area contributed by atoms with Crippen LogP contribution in [0.4, 0.5) is 13.2 Å². The van der Waals surface area contributed by atoms with Crippen LogP contribution in [-0.2, 0) is 0 Å². The van der Waals surface area contributed by atoms with Crippen molar-refractivity contribution in [1.29, 1.82) is 5.26 Å². The van der Waals surface area contributed by atoms with Crippen molar-refractivity contribution in [3.8, 4) is 6.07 Å². The predicted octanol–water partition coefficient (Wildman–Crippen LogP) is 5.13. The van der Waals surface area contributed by atoms with E-state index in [0.717, 1.165) is 0 Å². The number of hydrogen-bond donors (Lipinski definition) is 0. The van der Waals surface area contributed by atoms with Crippen LogP contribution < -0.4 is 15.9 Å². The third-order valence-corrected chi connectivity index (χ3v) is 7.79. The molecule has 0 fully saturated rings. The summed E-state index contributed by atoms with van der Waals surface area (Å²) in [4.78, 5) is 0. The van der Waals surface area contributed by atoms with Crippen LogP contribution in [0.1, 0.15) is 0 Å². The minimum Gasteiger partial charge on any atom is -0.248 e. The van der Waals surface area contributed by atoms with Gasteiger partial charge < -0.3 is 0 Å². The minimum absolute atomic E-state index is 0.476. The third-order valence-electron chi connectivity index (χ3n) is 4.14. The lowest BCUT2D eigenvalue weighted by Gasteiger charge is -2.27. The molecule has 0 aliphatic rings. The topological polar surface area (TPSA) is 36.1 Å². The second kappa shape index (κ2) is 8.29. The summed E-state index contributed by atoms with van der Waals surface area (Å²) in [6, 6.07) is 28.4. The third kappa shape index (κ3) is 3.93. The van der Waals surface area contributed by atoms with E-state index >= 15 is 0 Å². The minimum atomic E-state index is -4.74. The highest BCUT2D eigenvalue weighted by molar-refractivity contribution is 7.87. The van der Waals surface area contributed by atoms with Gasteiger partial charge in [-0.15, -0.1) is 0 Å². The van der Waals surface area contributed by atoms with Gasteiger partial charge in [-0.3, -0.25) is 0 Å². The van der Waals surface area contributed by atoms with Crippen molar-refractivity contribution >= 4 is 23.0 Å². The maximum Gasteiger partial charge on any atom is 0.433 e. The smallest absolute Gasteiger partial charge is 0.248 e. The Morgan fingerprint density at radius 1 is 0.750 bits per heavy atom. The first-order valence-electron chi connectivity index (χ1n) is 8.44. The summed E-state index contributed by atoms with van der Waals surface area (Å²) in [5, 5.41) is 11.0. The van der Waals surface area contributed by atoms with E-state index in [2.05, 4.69) is 4.74 Å². The average molecular weight is 396 g/mol. The van der Waals surface area contributed by atoms with Crippen LogP contribution in [0, 0.1) is 11.3 Å². The summed E-state index contributed by atoms with van der Waals surface area (Å²) in [6.45, 7) is 0. The zero-order valence-corrected chi connectivity index (χ0v) is 15.6. The number of rotatable bonds is 4. The standard InChI is InChI=1S/C22H16F3N2P/c23-22(24,25)21(16-17-26)27-28(18-10-4-1-5-11-18,19-12-6-2-7-13-19)20-14-8-3-9-15-20/h1-16H/b21-16+. The van der Waals surface area contributed by atoms with E-state index in [1.807, 2.05) is 18.2 Å². The van der Waals surface area contributed by atoms with Crippen molar-refractivity contribution in [1.82, 2.24) is 0 Å². The zero-order chi connectivity index (χ0) is 20.0. The lowest BCUT2D eigenvalue weighted by atomic mass is 10.4.